The van der Waals surface area contributed by atoms with E-state index in [0.717, 1.165) is 17.3 Å². The molecule has 0 spiro atoms. The smallest absolute Gasteiger partial charge is 0.0219 e. The number of halogens is 1. The van der Waals surface area contributed by atoms with Crippen LogP contribution in [0.15, 0.2) is 56.7 Å². The van der Waals surface area contributed by atoms with Gasteiger partial charge in [0.25, 0.3) is 0 Å². The second-order valence-corrected chi connectivity index (χ2v) is 7.04. The van der Waals surface area contributed by atoms with Gasteiger partial charge in [-0.1, -0.05) is 58.4 Å². The molecule has 106 valence electrons. The van der Waals surface area contributed by atoms with Crippen LogP contribution in [-0.4, -0.2) is 6.04 Å². The van der Waals surface area contributed by atoms with Crippen molar-refractivity contribution in [3.05, 3.63) is 58.1 Å². The zero-order valence-corrected chi connectivity index (χ0v) is 14.3. The maximum atomic E-state index is 6.02. The van der Waals surface area contributed by atoms with Crippen molar-refractivity contribution < 1.29 is 0 Å². The van der Waals surface area contributed by atoms with Crippen LogP contribution in [0.3, 0.4) is 0 Å². The van der Waals surface area contributed by atoms with E-state index in [2.05, 4.69) is 72.2 Å². The first kappa shape index (κ1) is 15.6. The van der Waals surface area contributed by atoms with Gasteiger partial charge in [-0.15, -0.1) is 0 Å². The van der Waals surface area contributed by atoms with Crippen molar-refractivity contribution >= 4 is 27.7 Å². The number of benzene rings is 2. The predicted octanol–water partition coefficient (Wildman–Crippen LogP) is 5.19. The van der Waals surface area contributed by atoms with Gasteiger partial charge < -0.3 is 5.73 Å². The molecule has 0 radical (unpaired) electrons. The summed E-state index contributed by atoms with van der Waals surface area (Å²) in [5.74, 6) is 0. The molecule has 1 atom stereocenters. The Balaban J connectivity index is 2.10. The van der Waals surface area contributed by atoms with Gasteiger partial charge >= 0.3 is 0 Å². The Morgan fingerprint density at radius 2 is 1.75 bits per heavy atom. The van der Waals surface area contributed by atoms with Gasteiger partial charge in [-0.2, -0.15) is 0 Å². The van der Waals surface area contributed by atoms with E-state index >= 15 is 0 Å². The summed E-state index contributed by atoms with van der Waals surface area (Å²) in [5.41, 5.74) is 8.60. The van der Waals surface area contributed by atoms with E-state index in [9.17, 15) is 0 Å². The first-order chi connectivity index (χ1) is 9.58. The Labute approximate surface area is 134 Å². The molecular weight excluding hydrogens is 330 g/mol. The third-order valence-electron chi connectivity index (χ3n) is 3.29. The number of aryl methyl sites for hydroxylation is 1. The van der Waals surface area contributed by atoms with E-state index in [1.54, 1.807) is 11.8 Å². The van der Waals surface area contributed by atoms with E-state index in [-0.39, 0.29) is 6.04 Å². The van der Waals surface area contributed by atoms with Gasteiger partial charge in [-0.3, -0.25) is 0 Å². The normalized spacial score (nSPS) is 12.4. The fraction of sp³-hybridized carbons (Fsp3) is 0.294. The summed E-state index contributed by atoms with van der Waals surface area (Å²) >= 11 is 5.44. The average Bonchev–Trinajstić information content (AvgIpc) is 2.44. The summed E-state index contributed by atoms with van der Waals surface area (Å²) in [6.45, 7) is 4.23. The molecule has 1 nitrogen and oxygen atoms in total. The lowest BCUT2D eigenvalue weighted by Crippen LogP contribution is -2.21. The summed E-state index contributed by atoms with van der Waals surface area (Å²) in [6.07, 6.45) is 1.93. The average molecular weight is 350 g/mol. The predicted molar refractivity (Wildman–Crippen MR) is 91.4 cm³/mol. The number of rotatable bonds is 5. The minimum Gasteiger partial charge on any atom is -0.327 e. The largest absolute Gasteiger partial charge is 0.327 e. The molecular formula is C17H20BrNS. The van der Waals surface area contributed by atoms with Crippen LogP contribution in [0.1, 0.15) is 24.5 Å². The lowest BCUT2D eigenvalue weighted by molar-refractivity contribution is 0.645. The van der Waals surface area contributed by atoms with Crippen LogP contribution in [0.2, 0.25) is 0 Å². The zero-order valence-electron chi connectivity index (χ0n) is 11.9. The lowest BCUT2D eigenvalue weighted by Gasteiger charge is -2.11. The maximum absolute atomic E-state index is 6.02. The fourth-order valence-corrected chi connectivity index (χ4v) is 3.48. The van der Waals surface area contributed by atoms with Gasteiger partial charge in [0.05, 0.1) is 0 Å². The highest BCUT2D eigenvalue weighted by Crippen LogP contribution is 2.31. The Morgan fingerprint density at radius 3 is 2.35 bits per heavy atom. The summed E-state index contributed by atoms with van der Waals surface area (Å²) in [5, 5.41) is 0. The summed E-state index contributed by atoms with van der Waals surface area (Å²) in [7, 11) is 0. The lowest BCUT2D eigenvalue weighted by atomic mass is 10.1. The van der Waals surface area contributed by atoms with Crippen molar-refractivity contribution in [1.29, 1.82) is 0 Å². The quantitative estimate of drug-likeness (QED) is 0.803. The van der Waals surface area contributed by atoms with Crippen molar-refractivity contribution in [2.45, 2.75) is 42.5 Å². The summed E-state index contributed by atoms with van der Waals surface area (Å²) in [6, 6.07) is 15.4. The first-order valence-electron chi connectivity index (χ1n) is 6.87. The molecule has 2 aromatic carbocycles. The fourth-order valence-electron chi connectivity index (χ4n) is 1.93. The third-order valence-corrected chi connectivity index (χ3v) is 5.02. The summed E-state index contributed by atoms with van der Waals surface area (Å²) in [4.78, 5) is 2.51. The van der Waals surface area contributed by atoms with Crippen molar-refractivity contribution in [2.24, 2.45) is 5.73 Å². The minimum absolute atomic E-state index is 0.238. The van der Waals surface area contributed by atoms with Crippen LogP contribution in [-0.2, 0) is 6.42 Å². The molecule has 0 bridgehead atoms. The van der Waals surface area contributed by atoms with Crippen molar-refractivity contribution in [2.75, 3.05) is 0 Å². The second-order valence-electron chi connectivity index (χ2n) is 5.04. The second kappa shape index (κ2) is 7.30. The molecule has 0 aliphatic heterocycles. The van der Waals surface area contributed by atoms with Crippen molar-refractivity contribution in [3.63, 3.8) is 0 Å². The van der Waals surface area contributed by atoms with E-state index < -0.39 is 0 Å². The van der Waals surface area contributed by atoms with Crippen LogP contribution in [0.5, 0.6) is 0 Å². The highest BCUT2D eigenvalue weighted by atomic mass is 79.9. The van der Waals surface area contributed by atoms with E-state index in [0.29, 0.717) is 0 Å². The van der Waals surface area contributed by atoms with Crippen LogP contribution >= 0.6 is 27.7 Å². The molecule has 0 amide bonds. The van der Waals surface area contributed by atoms with Gasteiger partial charge in [0.2, 0.25) is 0 Å². The maximum Gasteiger partial charge on any atom is 0.0219 e. The van der Waals surface area contributed by atoms with Gasteiger partial charge in [-0.25, -0.2) is 0 Å². The van der Waals surface area contributed by atoms with Gasteiger partial charge in [0.1, 0.15) is 0 Å². The Kier molecular flexibility index (Phi) is 5.70. The number of hydrogen-bond donors (Lipinski definition) is 1. The Bertz CT molecular complexity index is 566. The SMILES string of the molecule is CCC(N)Cc1ccc(Sc2ccc(C)cc2)cc1Br. The molecule has 2 rings (SSSR count). The molecule has 0 fully saturated rings. The van der Waals surface area contributed by atoms with Gasteiger partial charge in [0.15, 0.2) is 0 Å². The summed E-state index contributed by atoms with van der Waals surface area (Å²) < 4.78 is 1.15. The Hall–Kier alpha value is -0.770. The molecule has 0 saturated heterocycles. The zero-order chi connectivity index (χ0) is 14.5. The van der Waals surface area contributed by atoms with Crippen molar-refractivity contribution in [3.8, 4) is 0 Å². The first-order valence-corrected chi connectivity index (χ1v) is 8.48. The van der Waals surface area contributed by atoms with E-state index in [4.69, 9.17) is 5.73 Å². The van der Waals surface area contributed by atoms with Crippen LogP contribution in [0, 0.1) is 6.92 Å². The molecule has 20 heavy (non-hydrogen) atoms. The number of nitrogens with two attached hydrogens (primary N) is 1. The molecule has 0 aromatic heterocycles. The highest BCUT2D eigenvalue weighted by Gasteiger charge is 2.07. The molecule has 0 heterocycles. The molecule has 3 heteroatoms. The van der Waals surface area contributed by atoms with E-state index in [1.807, 2.05) is 0 Å². The molecule has 0 aliphatic rings. The van der Waals surface area contributed by atoms with E-state index in [1.165, 1.54) is 20.9 Å². The minimum atomic E-state index is 0.238. The molecule has 2 aromatic rings. The van der Waals surface area contributed by atoms with Crippen LogP contribution in [0.25, 0.3) is 0 Å². The molecule has 2 N–H and O–H groups in total. The standard InChI is InChI=1S/C17H20BrNS/c1-3-14(19)10-13-6-9-16(11-17(13)18)20-15-7-4-12(2)5-8-15/h4-9,11,14H,3,10,19H2,1-2H3. The highest BCUT2D eigenvalue weighted by molar-refractivity contribution is 9.10. The molecule has 0 saturated carbocycles. The van der Waals surface area contributed by atoms with Crippen molar-refractivity contribution in [1.82, 2.24) is 0 Å². The van der Waals surface area contributed by atoms with Gasteiger partial charge in [0, 0.05) is 20.3 Å². The topological polar surface area (TPSA) is 26.0 Å². The third kappa shape index (κ3) is 4.37. The molecule has 0 aliphatic carbocycles. The van der Waals surface area contributed by atoms with Crippen LogP contribution < -0.4 is 5.73 Å². The van der Waals surface area contributed by atoms with Crippen LogP contribution in [0.4, 0.5) is 0 Å². The number of hydrogen-bond acceptors (Lipinski definition) is 2. The van der Waals surface area contributed by atoms with Gasteiger partial charge in [-0.05, 0) is 49.6 Å². The monoisotopic (exact) mass is 349 g/mol. The molecule has 1 unspecified atom stereocenters. The Morgan fingerprint density at radius 1 is 1.10 bits per heavy atom.